The number of pyridine rings is 1. The number of carbonyl (C=O) groups is 1. The van der Waals surface area contributed by atoms with Crippen molar-refractivity contribution in [2.75, 3.05) is 11.1 Å². The molecule has 2 heterocycles. The van der Waals surface area contributed by atoms with E-state index in [0.29, 0.717) is 5.16 Å². The van der Waals surface area contributed by atoms with E-state index in [1.807, 2.05) is 30.4 Å². The number of amides is 1. The molecule has 8 nitrogen and oxygen atoms in total. The van der Waals surface area contributed by atoms with Crippen LogP contribution in [-0.2, 0) is 4.79 Å². The molecule has 0 atom stereocenters. The number of nitrogens with one attached hydrogen (secondary N) is 1. The molecule has 2 aromatic heterocycles. The van der Waals surface area contributed by atoms with Crippen LogP contribution in [0.3, 0.4) is 0 Å². The van der Waals surface area contributed by atoms with Crippen molar-refractivity contribution in [3.8, 4) is 0 Å². The molecule has 0 radical (unpaired) electrons. The smallest absolute Gasteiger partial charge is 0.292 e. The lowest BCUT2D eigenvalue weighted by molar-refractivity contribution is -0.383. The van der Waals surface area contributed by atoms with Crippen LogP contribution in [0, 0.1) is 24.0 Å². The van der Waals surface area contributed by atoms with Crippen molar-refractivity contribution in [1.82, 2.24) is 14.6 Å². The summed E-state index contributed by atoms with van der Waals surface area (Å²) in [4.78, 5) is 23.0. The molecule has 2 aromatic carbocycles. The number of aryl methyl sites for hydroxylation is 2. The van der Waals surface area contributed by atoms with Gasteiger partial charge in [-0.05, 0) is 49.1 Å². The topological polar surface area (TPSA) is 102 Å². The van der Waals surface area contributed by atoms with Gasteiger partial charge in [-0.3, -0.25) is 19.3 Å². The minimum absolute atomic E-state index is 0.0497. The number of para-hydroxylation sites is 2. The Morgan fingerprint density at radius 2 is 1.97 bits per heavy atom. The fourth-order valence-corrected chi connectivity index (χ4v) is 3.93. The van der Waals surface area contributed by atoms with Crippen molar-refractivity contribution in [3.63, 3.8) is 0 Å². The van der Waals surface area contributed by atoms with Gasteiger partial charge in [-0.25, -0.2) is 0 Å². The van der Waals surface area contributed by atoms with Crippen LogP contribution in [0.15, 0.2) is 53.7 Å². The first-order chi connectivity index (χ1) is 13.9. The minimum atomic E-state index is -0.522. The third-order valence-electron chi connectivity index (χ3n) is 4.49. The summed E-state index contributed by atoms with van der Waals surface area (Å²) in [5, 5.41) is 23.9. The summed E-state index contributed by atoms with van der Waals surface area (Å²) >= 11 is 1.23. The standard InChI is InChI=1S/C20H17N5O3S/c1-12-7-8-16-14(9-12)10-13(2)19-22-23-20(24(16)19)29-11-18(26)21-15-5-3-4-6-17(15)25(27)28/h3-10H,11H2,1-2H3,(H,21,26). The zero-order valence-electron chi connectivity index (χ0n) is 15.7. The van der Waals surface area contributed by atoms with Crippen LogP contribution in [0.1, 0.15) is 11.1 Å². The molecule has 1 amide bonds. The van der Waals surface area contributed by atoms with Gasteiger partial charge in [-0.2, -0.15) is 0 Å². The molecule has 0 fully saturated rings. The zero-order chi connectivity index (χ0) is 20.5. The summed E-state index contributed by atoms with van der Waals surface area (Å²) in [5.74, 6) is -0.303. The largest absolute Gasteiger partial charge is 0.320 e. The molecule has 0 saturated carbocycles. The summed E-state index contributed by atoms with van der Waals surface area (Å²) < 4.78 is 1.94. The lowest BCUT2D eigenvalue weighted by atomic mass is 10.1. The van der Waals surface area contributed by atoms with Gasteiger partial charge in [-0.15, -0.1) is 10.2 Å². The summed E-state index contributed by atoms with van der Waals surface area (Å²) in [6, 6.07) is 14.3. The van der Waals surface area contributed by atoms with Crippen LogP contribution in [-0.4, -0.2) is 31.2 Å². The van der Waals surface area contributed by atoms with Crippen molar-refractivity contribution in [3.05, 3.63) is 69.8 Å². The monoisotopic (exact) mass is 407 g/mol. The molecule has 0 spiro atoms. The zero-order valence-corrected chi connectivity index (χ0v) is 16.6. The molecule has 0 bridgehead atoms. The first-order valence-electron chi connectivity index (χ1n) is 8.85. The van der Waals surface area contributed by atoms with E-state index >= 15 is 0 Å². The molecule has 0 saturated heterocycles. The fraction of sp³-hybridized carbons (Fsp3) is 0.150. The second-order valence-corrected chi connectivity index (χ2v) is 7.58. The Bertz CT molecular complexity index is 1270. The van der Waals surface area contributed by atoms with E-state index in [-0.39, 0.29) is 23.0 Å². The summed E-state index contributed by atoms with van der Waals surface area (Å²) in [7, 11) is 0. The summed E-state index contributed by atoms with van der Waals surface area (Å²) in [6.07, 6.45) is 0. The predicted molar refractivity (Wildman–Crippen MR) is 112 cm³/mol. The average molecular weight is 407 g/mol. The number of nitro groups is 1. The normalized spacial score (nSPS) is 11.1. The highest BCUT2D eigenvalue weighted by Crippen LogP contribution is 2.27. The Kier molecular flexibility index (Phi) is 4.89. The fourth-order valence-electron chi connectivity index (χ4n) is 3.18. The van der Waals surface area contributed by atoms with Gasteiger partial charge < -0.3 is 5.32 Å². The van der Waals surface area contributed by atoms with Crippen LogP contribution in [0.4, 0.5) is 11.4 Å². The van der Waals surface area contributed by atoms with Crippen LogP contribution in [0.2, 0.25) is 0 Å². The van der Waals surface area contributed by atoms with Gasteiger partial charge in [0.25, 0.3) is 5.69 Å². The van der Waals surface area contributed by atoms with Crippen LogP contribution >= 0.6 is 11.8 Å². The first-order valence-corrected chi connectivity index (χ1v) is 9.84. The molecule has 0 unspecified atom stereocenters. The number of aromatic nitrogens is 3. The Balaban J connectivity index is 1.60. The lowest BCUT2D eigenvalue weighted by Crippen LogP contribution is -2.15. The number of anilines is 1. The minimum Gasteiger partial charge on any atom is -0.320 e. The second kappa shape index (κ2) is 7.51. The molecule has 146 valence electrons. The number of nitrogens with zero attached hydrogens (tertiary/aromatic N) is 4. The predicted octanol–water partition coefficient (Wildman–Crippen LogP) is 4.14. The van der Waals surface area contributed by atoms with Crippen molar-refractivity contribution >= 4 is 45.6 Å². The summed E-state index contributed by atoms with van der Waals surface area (Å²) in [5.41, 5.74) is 3.88. The van der Waals surface area contributed by atoms with Crippen LogP contribution in [0.25, 0.3) is 16.6 Å². The molecule has 29 heavy (non-hydrogen) atoms. The Labute approximate surface area is 170 Å². The molecular formula is C20H17N5O3S. The SMILES string of the molecule is Cc1ccc2c(c1)cc(C)c1nnc(SCC(=O)Nc3ccccc3[N+](=O)[O-])n12. The van der Waals surface area contributed by atoms with Crippen molar-refractivity contribution < 1.29 is 9.72 Å². The van der Waals surface area contributed by atoms with Gasteiger partial charge in [0, 0.05) is 6.07 Å². The van der Waals surface area contributed by atoms with E-state index in [1.54, 1.807) is 12.1 Å². The lowest BCUT2D eigenvalue weighted by Gasteiger charge is -2.08. The Morgan fingerprint density at radius 1 is 1.17 bits per heavy atom. The number of hydrogen-bond acceptors (Lipinski definition) is 6. The number of rotatable bonds is 5. The number of thioether (sulfide) groups is 1. The highest BCUT2D eigenvalue weighted by atomic mass is 32.2. The van der Waals surface area contributed by atoms with Gasteiger partial charge in [0.2, 0.25) is 5.91 Å². The van der Waals surface area contributed by atoms with E-state index in [1.165, 1.54) is 23.9 Å². The van der Waals surface area contributed by atoms with E-state index in [0.717, 1.165) is 27.7 Å². The highest BCUT2D eigenvalue weighted by Gasteiger charge is 2.17. The molecule has 0 aliphatic carbocycles. The van der Waals surface area contributed by atoms with Crippen LogP contribution in [0.5, 0.6) is 0 Å². The van der Waals surface area contributed by atoms with E-state index in [2.05, 4.69) is 27.6 Å². The molecule has 1 N–H and O–H groups in total. The first kappa shape index (κ1) is 18.9. The number of hydrogen-bond donors (Lipinski definition) is 1. The van der Waals surface area contributed by atoms with E-state index in [9.17, 15) is 14.9 Å². The molecule has 0 aliphatic rings. The van der Waals surface area contributed by atoms with E-state index in [4.69, 9.17) is 0 Å². The molecule has 4 aromatic rings. The van der Waals surface area contributed by atoms with Gasteiger partial charge in [0.1, 0.15) is 5.69 Å². The van der Waals surface area contributed by atoms with Crippen LogP contribution < -0.4 is 5.32 Å². The maximum atomic E-state index is 12.4. The van der Waals surface area contributed by atoms with E-state index < -0.39 is 4.92 Å². The number of carbonyl (C=O) groups excluding carboxylic acids is 1. The Hall–Kier alpha value is -3.46. The number of benzene rings is 2. The maximum absolute atomic E-state index is 12.4. The van der Waals surface area contributed by atoms with Gasteiger partial charge in [0.05, 0.1) is 16.2 Å². The van der Waals surface area contributed by atoms with Crippen molar-refractivity contribution in [1.29, 1.82) is 0 Å². The molecule has 0 aliphatic heterocycles. The van der Waals surface area contributed by atoms with Crippen molar-refractivity contribution in [2.45, 2.75) is 19.0 Å². The average Bonchev–Trinajstić information content (AvgIpc) is 3.11. The Morgan fingerprint density at radius 3 is 2.76 bits per heavy atom. The van der Waals surface area contributed by atoms with Gasteiger partial charge in [0.15, 0.2) is 10.8 Å². The van der Waals surface area contributed by atoms with Gasteiger partial charge >= 0.3 is 0 Å². The summed E-state index contributed by atoms with van der Waals surface area (Å²) in [6.45, 7) is 4.01. The quantitative estimate of drug-likeness (QED) is 0.303. The van der Waals surface area contributed by atoms with Crippen molar-refractivity contribution in [2.24, 2.45) is 0 Å². The maximum Gasteiger partial charge on any atom is 0.292 e. The number of nitro benzene ring substituents is 1. The third kappa shape index (κ3) is 3.64. The third-order valence-corrected chi connectivity index (χ3v) is 5.42. The molecule has 4 rings (SSSR count). The van der Waals surface area contributed by atoms with Gasteiger partial charge in [-0.1, -0.05) is 35.5 Å². The molecular weight excluding hydrogens is 390 g/mol. The molecule has 9 heteroatoms. The second-order valence-electron chi connectivity index (χ2n) is 6.64. The highest BCUT2D eigenvalue weighted by molar-refractivity contribution is 7.99. The number of fused-ring (bicyclic) bond motifs is 3.